The van der Waals surface area contributed by atoms with Crippen molar-refractivity contribution >= 4 is 21.4 Å². The Labute approximate surface area is 84.2 Å². The summed E-state index contributed by atoms with van der Waals surface area (Å²) < 4.78 is 25.0. The lowest BCUT2D eigenvalue weighted by Gasteiger charge is -2.09. The highest BCUT2D eigenvalue weighted by Gasteiger charge is 2.08. The molecule has 0 atom stereocenters. The quantitative estimate of drug-likeness (QED) is 0.746. The summed E-state index contributed by atoms with van der Waals surface area (Å²) in [5.74, 6) is 0.0663. The Morgan fingerprint density at radius 1 is 1.43 bits per heavy atom. The van der Waals surface area contributed by atoms with E-state index in [-0.39, 0.29) is 5.75 Å². The van der Waals surface area contributed by atoms with E-state index in [0.717, 1.165) is 5.56 Å². The van der Waals surface area contributed by atoms with Crippen molar-refractivity contribution in [3.8, 4) is 0 Å². The minimum atomic E-state index is -3.20. The van der Waals surface area contributed by atoms with E-state index in [1.807, 2.05) is 6.92 Å². The molecule has 0 aliphatic heterocycles. The molecule has 0 aromatic heterocycles. The zero-order valence-electron chi connectivity index (χ0n) is 8.24. The van der Waals surface area contributed by atoms with E-state index >= 15 is 0 Å². The minimum absolute atomic E-state index is 0.0663. The van der Waals surface area contributed by atoms with E-state index in [0.29, 0.717) is 11.4 Å². The summed E-state index contributed by atoms with van der Waals surface area (Å²) in [6, 6.07) is 5.06. The maximum Gasteiger partial charge on any atom is 0.232 e. The van der Waals surface area contributed by atoms with E-state index in [2.05, 4.69) is 4.72 Å². The Morgan fingerprint density at radius 3 is 2.57 bits per heavy atom. The Kier molecular flexibility index (Phi) is 3.00. The highest BCUT2D eigenvalue weighted by molar-refractivity contribution is 7.92. The summed E-state index contributed by atoms with van der Waals surface area (Å²) in [5.41, 5.74) is 7.58. The Balaban J connectivity index is 2.99. The largest absolute Gasteiger partial charge is 0.399 e. The summed E-state index contributed by atoms with van der Waals surface area (Å²) in [4.78, 5) is 0. The highest BCUT2D eigenvalue weighted by atomic mass is 32.2. The second kappa shape index (κ2) is 3.88. The lowest BCUT2D eigenvalue weighted by atomic mass is 10.2. The van der Waals surface area contributed by atoms with Gasteiger partial charge in [-0.3, -0.25) is 4.72 Å². The number of anilines is 2. The minimum Gasteiger partial charge on any atom is -0.399 e. The topological polar surface area (TPSA) is 72.2 Å². The normalized spacial score (nSPS) is 11.3. The monoisotopic (exact) mass is 214 g/mol. The predicted octanol–water partition coefficient (Wildman–Crippen LogP) is 1.34. The van der Waals surface area contributed by atoms with E-state index in [9.17, 15) is 8.42 Å². The Hall–Kier alpha value is -1.23. The van der Waals surface area contributed by atoms with Crippen LogP contribution < -0.4 is 10.5 Å². The van der Waals surface area contributed by atoms with Gasteiger partial charge in [-0.05, 0) is 37.6 Å². The van der Waals surface area contributed by atoms with Crippen LogP contribution in [0.3, 0.4) is 0 Å². The van der Waals surface area contributed by atoms with Gasteiger partial charge >= 0.3 is 0 Å². The summed E-state index contributed by atoms with van der Waals surface area (Å²) in [7, 11) is -3.20. The molecule has 5 heteroatoms. The third kappa shape index (κ3) is 2.63. The third-order valence-corrected chi connectivity index (χ3v) is 3.19. The molecule has 78 valence electrons. The van der Waals surface area contributed by atoms with Gasteiger partial charge in [0.15, 0.2) is 0 Å². The number of hydrogen-bond acceptors (Lipinski definition) is 3. The molecule has 0 amide bonds. The van der Waals surface area contributed by atoms with Gasteiger partial charge in [-0.2, -0.15) is 0 Å². The van der Waals surface area contributed by atoms with Crippen molar-refractivity contribution in [2.75, 3.05) is 16.2 Å². The predicted molar refractivity (Wildman–Crippen MR) is 58.7 cm³/mol. The molecule has 1 aromatic carbocycles. The number of nitrogens with one attached hydrogen (secondary N) is 1. The number of benzene rings is 1. The van der Waals surface area contributed by atoms with E-state index < -0.39 is 10.0 Å². The van der Waals surface area contributed by atoms with E-state index in [4.69, 9.17) is 5.73 Å². The zero-order chi connectivity index (χ0) is 10.8. The molecular weight excluding hydrogens is 200 g/mol. The van der Waals surface area contributed by atoms with Gasteiger partial charge in [-0.25, -0.2) is 8.42 Å². The lowest BCUT2D eigenvalue weighted by molar-refractivity contribution is 0.602. The van der Waals surface area contributed by atoms with Crippen molar-refractivity contribution in [1.82, 2.24) is 0 Å². The van der Waals surface area contributed by atoms with Gasteiger partial charge in [0.2, 0.25) is 10.0 Å². The summed E-state index contributed by atoms with van der Waals surface area (Å²) in [5, 5.41) is 0. The van der Waals surface area contributed by atoms with Crippen molar-refractivity contribution in [2.24, 2.45) is 0 Å². The number of aryl methyl sites for hydroxylation is 1. The fourth-order valence-electron chi connectivity index (χ4n) is 1.04. The molecule has 0 aliphatic carbocycles. The molecule has 0 aliphatic rings. The van der Waals surface area contributed by atoms with Gasteiger partial charge in [-0.1, -0.05) is 0 Å². The van der Waals surface area contributed by atoms with Crippen molar-refractivity contribution in [3.63, 3.8) is 0 Å². The molecule has 0 saturated carbocycles. The van der Waals surface area contributed by atoms with Gasteiger partial charge in [0.25, 0.3) is 0 Å². The van der Waals surface area contributed by atoms with E-state index in [1.165, 1.54) is 0 Å². The molecule has 0 heterocycles. The average Bonchev–Trinajstić information content (AvgIpc) is 2.10. The van der Waals surface area contributed by atoms with Crippen molar-refractivity contribution in [3.05, 3.63) is 23.8 Å². The number of nitrogen functional groups attached to an aromatic ring is 1. The molecule has 0 unspecified atom stereocenters. The van der Waals surface area contributed by atoms with Crippen molar-refractivity contribution in [1.29, 1.82) is 0 Å². The average molecular weight is 214 g/mol. The lowest BCUT2D eigenvalue weighted by Crippen LogP contribution is -2.15. The van der Waals surface area contributed by atoms with Gasteiger partial charge in [0.05, 0.1) is 11.4 Å². The second-order valence-electron chi connectivity index (χ2n) is 3.08. The zero-order valence-corrected chi connectivity index (χ0v) is 9.06. The first-order valence-corrected chi connectivity index (χ1v) is 5.96. The standard InChI is InChI=1S/C9H14N2O2S/c1-3-14(12,13)11-9-5-4-8(10)6-7(9)2/h4-6,11H,3,10H2,1-2H3. The van der Waals surface area contributed by atoms with Crippen LogP contribution in [0.4, 0.5) is 11.4 Å². The molecule has 14 heavy (non-hydrogen) atoms. The second-order valence-corrected chi connectivity index (χ2v) is 5.09. The van der Waals surface area contributed by atoms with Crippen LogP contribution in [0.25, 0.3) is 0 Å². The van der Waals surface area contributed by atoms with Crippen LogP contribution >= 0.6 is 0 Å². The molecule has 0 spiro atoms. The molecule has 0 fully saturated rings. The van der Waals surface area contributed by atoms with Crippen molar-refractivity contribution < 1.29 is 8.42 Å². The number of nitrogens with two attached hydrogens (primary N) is 1. The van der Waals surface area contributed by atoms with Gasteiger partial charge in [0, 0.05) is 5.69 Å². The first kappa shape index (κ1) is 10.8. The van der Waals surface area contributed by atoms with Crippen LogP contribution in [0.15, 0.2) is 18.2 Å². The fourth-order valence-corrected chi connectivity index (χ4v) is 1.75. The molecule has 0 bridgehead atoms. The van der Waals surface area contributed by atoms with E-state index in [1.54, 1.807) is 25.1 Å². The third-order valence-electron chi connectivity index (χ3n) is 1.90. The molecule has 3 N–H and O–H groups in total. The highest BCUT2D eigenvalue weighted by Crippen LogP contribution is 2.18. The van der Waals surface area contributed by atoms with Crippen LogP contribution in [-0.4, -0.2) is 14.2 Å². The first-order chi connectivity index (χ1) is 6.44. The van der Waals surface area contributed by atoms with Crippen LogP contribution in [0.1, 0.15) is 12.5 Å². The smallest absolute Gasteiger partial charge is 0.232 e. The van der Waals surface area contributed by atoms with Crippen LogP contribution in [0.2, 0.25) is 0 Å². The summed E-state index contributed by atoms with van der Waals surface area (Å²) >= 11 is 0. The van der Waals surface area contributed by atoms with Gasteiger partial charge < -0.3 is 5.73 Å². The molecule has 0 radical (unpaired) electrons. The number of hydrogen-bond donors (Lipinski definition) is 2. The molecular formula is C9H14N2O2S. The first-order valence-electron chi connectivity index (χ1n) is 4.31. The van der Waals surface area contributed by atoms with Gasteiger partial charge in [-0.15, -0.1) is 0 Å². The molecule has 4 nitrogen and oxygen atoms in total. The van der Waals surface area contributed by atoms with Crippen molar-refractivity contribution in [2.45, 2.75) is 13.8 Å². The molecule has 1 aromatic rings. The Bertz CT molecular complexity index is 426. The van der Waals surface area contributed by atoms with Crippen LogP contribution in [-0.2, 0) is 10.0 Å². The molecule has 0 saturated heterocycles. The number of rotatable bonds is 3. The number of sulfonamides is 1. The van der Waals surface area contributed by atoms with Crippen LogP contribution in [0.5, 0.6) is 0 Å². The summed E-state index contributed by atoms with van der Waals surface area (Å²) in [6.45, 7) is 3.40. The fraction of sp³-hybridized carbons (Fsp3) is 0.333. The SMILES string of the molecule is CCS(=O)(=O)Nc1ccc(N)cc1C. The molecule has 1 rings (SSSR count). The maximum atomic E-state index is 11.3. The summed E-state index contributed by atoms with van der Waals surface area (Å²) in [6.07, 6.45) is 0. The Morgan fingerprint density at radius 2 is 2.07 bits per heavy atom. The van der Waals surface area contributed by atoms with Gasteiger partial charge in [0.1, 0.15) is 0 Å². The maximum absolute atomic E-state index is 11.3. The van der Waals surface area contributed by atoms with Crippen LogP contribution in [0, 0.1) is 6.92 Å².